The summed E-state index contributed by atoms with van der Waals surface area (Å²) in [5.74, 6) is 0. The van der Waals surface area contributed by atoms with Gasteiger partial charge < -0.3 is 0 Å². The molecule has 31 heavy (non-hydrogen) atoms. The molecule has 5 rings (SSSR count). The summed E-state index contributed by atoms with van der Waals surface area (Å²) in [5, 5.41) is 1.54. The van der Waals surface area contributed by atoms with Gasteiger partial charge in [0.2, 0.25) is 0 Å². The standard InChI is InChI=1S/C29H24Cl2/c30-23-14-12-22(13-15-23)28-25-18-16-24(31)19-27(25)29(21-9-5-2-6-10-21)26(28)17-11-20-7-3-1-4-8-20/h1,3-4,7-8,11-19H,2,5-6,9-10H2/b17-11+. The largest absolute Gasteiger partial charge is 0.0843 e. The van der Waals surface area contributed by atoms with Crippen molar-refractivity contribution < 1.29 is 0 Å². The van der Waals surface area contributed by atoms with Crippen molar-refractivity contribution in [3.8, 4) is 0 Å². The Balaban J connectivity index is 1.76. The highest BCUT2D eigenvalue weighted by Crippen LogP contribution is 2.49. The predicted molar refractivity (Wildman–Crippen MR) is 134 cm³/mol. The highest BCUT2D eigenvalue weighted by atomic mass is 35.5. The van der Waals surface area contributed by atoms with Crippen LogP contribution in [-0.2, 0) is 0 Å². The Morgan fingerprint density at radius 1 is 0.613 bits per heavy atom. The normalized spacial score (nSPS) is 16.3. The molecular formula is C29H24Cl2. The summed E-state index contributed by atoms with van der Waals surface area (Å²) in [4.78, 5) is 0. The van der Waals surface area contributed by atoms with E-state index in [9.17, 15) is 0 Å². The lowest BCUT2D eigenvalue weighted by molar-refractivity contribution is 0.601. The molecule has 154 valence electrons. The molecule has 0 radical (unpaired) electrons. The van der Waals surface area contributed by atoms with Gasteiger partial charge in [-0.15, -0.1) is 0 Å². The van der Waals surface area contributed by atoms with Crippen molar-refractivity contribution in [2.75, 3.05) is 0 Å². The van der Waals surface area contributed by atoms with E-state index in [-0.39, 0.29) is 0 Å². The Hall–Kier alpha value is -2.54. The van der Waals surface area contributed by atoms with Crippen molar-refractivity contribution >= 4 is 40.4 Å². The number of fused-ring (bicyclic) bond motifs is 1. The summed E-state index contributed by atoms with van der Waals surface area (Å²) in [6, 6.07) is 25.0. The lowest BCUT2D eigenvalue weighted by Crippen LogP contribution is -1.98. The molecule has 1 fully saturated rings. The monoisotopic (exact) mass is 442 g/mol. The second kappa shape index (κ2) is 8.91. The van der Waals surface area contributed by atoms with Crippen molar-refractivity contribution in [3.05, 3.63) is 122 Å². The molecule has 1 saturated carbocycles. The SMILES string of the molecule is Clc1ccc(C2=C(/C=C/c3ccccc3)C(=C3CCCCC3)c3cc(Cl)ccc32)cc1. The summed E-state index contributed by atoms with van der Waals surface area (Å²) in [7, 11) is 0. The van der Waals surface area contributed by atoms with Crippen LogP contribution in [0.25, 0.3) is 17.2 Å². The van der Waals surface area contributed by atoms with Crippen LogP contribution >= 0.6 is 23.2 Å². The Kier molecular flexibility index (Phi) is 5.85. The average molecular weight is 443 g/mol. The van der Waals surface area contributed by atoms with Crippen LogP contribution in [0.3, 0.4) is 0 Å². The quantitative estimate of drug-likeness (QED) is 0.378. The van der Waals surface area contributed by atoms with Crippen molar-refractivity contribution in [3.63, 3.8) is 0 Å². The first kappa shape index (κ1) is 20.4. The van der Waals surface area contributed by atoms with E-state index in [0.29, 0.717) is 0 Å². The molecule has 0 atom stereocenters. The topological polar surface area (TPSA) is 0 Å². The molecule has 0 N–H and O–H groups in total. The van der Waals surface area contributed by atoms with Crippen LogP contribution in [-0.4, -0.2) is 0 Å². The summed E-state index contributed by atoms with van der Waals surface area (Å²) in [5.41, 5.74) is 10.4. The van der Waals surface area contributed by atoms with Gasteiger partial charge in [0.15, 0.2) is 0 Å². The number of benzene rings is 3. The molecule has 0 saturated heterocycles. The van der Waals surface area contributed by atoms with Crippen LogP contribution in [0.4, 0.5) is 0 Å². The van der Waals surface area contributed by atoms with Crippen molar-refractivity contribution in [1.82, 2.24) is 0 Å². The summed E-state index contributed by atoms with van der Waals surface area (Å²) in [6.07, 6.45) is 10.7. The molecule has 2 aliphatic carbocycles. The van der Waals surface area contributed by atoms with E-state index in [1.807, 2.05) is 18.2 Å². The lowest BCUT2D eigenvalue weighted by atomic mass is 9.86. The minimum Gasteiger partial charge on any atom is -0.0843 e. The zero-order valence-corrected chi connectivity index (χ0v) is 18.9. The maximum absolute atomic E-state index is 6.49. The molecule has 0 unspecified atom stereocenters. The molecule has 3 aromatic rings. The first-order valence-corrected chi connectivity index (χ1v) is 11.7. The van der Waals surface area contributed by atoms with Crippen LogP contribution in [0.5, 0.6) is 0 Å². The molecule has 0 spiro atoms. The van der Waals surface area contributed by atoms with E-state index in [1.54, 1.807) is 5.57 Å². The maximum atomic E-state index is 6.49. The van der Waals surface area contributed by atoms with E-state index in [2.05, 4.69) is 66.7 Å². The maximum Gasteiger partial charge on any atom is 0.0412 e. The Morgan fingerprint density at radius 2 is 1.32 bits per heavy atom. The van der Waals surface area contributed by atoms with Gasteiger partial charge in [-0.25, -0.2) is 0 Å². The Labute approximate surface area is 194 Å². The van der Waals surface area contributed by atoms with Crippen molar-refractivity contribution in [2.24, 2.45) is 0 Å². The smallest absolute Gasteiger partial charge is 0.0412 e. The molecule has 0 aromatic heterocycles. The Morgan fingerprint density at radius 3 is 2.06 bits per heavy atom. The van der Waals surface area contributed by atoms with Crippen molar-refractivity contribution in [1.29, 1.82) is 0 Å². The zero-order chi connectivity index (χ0) is 21.2. The fourth-order valence-corrected chi connectivity index (χ4v) is 5.10. The van der Waals surface area contributed by atoms with Crippen LogP contribution in [0, 0.1) is 0 Å². The summed E-state index contributed by atoms with van der Waals surface area (Å²) in [6.45, 7) is 0. The van der Waals surface area contributed by atoms with Crippen LogP contribution in [0.1, 0.15) is 54.4 Å². The van der Waals surface area contributed by atoms with Crippen LogP contribution < -0.4 is 0 Å². The molecular weight excluding hydrogens is 419 g/mol. The van der Waals surface area contributed by atoms with E-state index < -0.39 is 0 Å². The van der Waals surface area contributed by atoms with Gasteiger partial charge in [0, 0.05) is 10.0 Å². The van der Waals surface area contributed by atoms with Gasteiger partial charge in [0.05, 0.1) is 0 Å². The molecule has 3 aromatic carbocycles. The highest BCUT2D eigenvalue weighted by molar-refractivity contribution is 6.31. The molecule has 2 heteroatoms. The highest BCUT2D eigenvalue weighted by Gasteiger charge is 2.29. The predicted octanol–water partition coefficient (Wildman–Crippen LogP) is 9.24. The summed E-state index contributed by atoms with van der Waals surface area (Å²) >= 11 is 12.7. The number of hydrogen-bond donors (Lipinski definition) is 0. The zero-order valence-electron chi connectivity index (χ0n) is 17.4. The van der Waals surface area contributed by atoms with Gasteiger partial charge in [0.1, 0.15) is 0 Å². The van der Waals surface area contributed by atoms with Gasteiger partial charge >= 0.3 is 0 Å². The molecule has 0 heterocycles. The van der Waals surface area contributed by atoms with Gasteiger partial charge in [-0.3, -0.25) is 0 Å². The lowest BCUT2D eigenvalue weighted by Gasteiger charge is -2.19. The Bertz CT molecular complexity index is 1190. The average Bonchev–Trinajstić information content (AvgIpc) is 3.12. The third kappa shape index (κ3) is 4.15. The minimum absolute atomic E-state index is 0.755. The van der Waals surface area contributed by atoms with E-state index in [4.69, 9.17) is 23.2 Å². The van der Waals surface area contributed by atoms with Crippen LogP contribution in [0.15, 0.2) is 90.0 Å². The van der Waals surface area contributed by atoms with Crippen molar-refractivity contribution in [2.45, 2.75) is 32.1 Å². The first-order chi connectivity index (χ1) is 15.2. The fraction of sp³-hybridized carbons (Fsp3) is 0.172. The van der Waals surface area contributed by atoms with E-state index in [1.165, 1.54) is 58.2 Å². The number of allylic oxidation sites excluding steroid dienone is 4. The first-order valence-electron chi connectivity index (χ1n) is 11.0. The third-order valence-electron chi connectivity index (χ3n) is 6.24. The second-order valence-corrected chi connectivity index (χ2v) is 9.14. The number of hydrogen-bond acceptors (Lipinski definition) is 0. The number of halogens is 2. The third-order valence-corrected chi connectivity index (χ3v) is 6.73. The van der Waals surface area contributed by atoms with Gasteiger partial charge in [-0.2, -0.15) is 0 Å². The van der Waals surface area contributed by atoms with Gasteiger partial charge in [0.25, 0.3) is 0 Å². The summed E-state index contributed by atoms with van der Waals surface area (Å²) < 4.78 is 0. The fourth-order valence-electron chi connectivity index (χ4n) is 4.80. The molecule has 2 aliphatic rings. The van der Waals surface area contributed by atoms with Gasteiger partial charge in [-0.05, 0) is 88.9 Å². The van der Waals surface area contributed by atoms with Gasteiger partial charge in [-0.1, -0.05) is 95.9 Å². The van der Waals surface area contributed by atoms with E-state index >= 15 is 0 Å². The number of rotatable bonds is 3. The molecule has 0 aliphatic heterocycles. The second-order valence-electron chi connectivity index (χ2n) is 8.27. The molecule has 0 bridgehead atoms. The molecule has 0 nitrogen and oxygen atoms in total. The van der Waals surface area contributed by atoms with E-state index in [0.717, 1.165) is 22.9 Å². The minimum atomic E-state index is 0.755. The van der Waals surface area contributed by atoms with Crippen LogP contribution in [0.2, 0.25) is 10.0 Å². The molecule has 0 amide bonds.